The Kier molecular flexibility index (Phi) is 4.71. The molecule has 104 valence electrons. The number of rotatable bonds is 4. The van der Waals surface area contributed by atoms with Gasteiger partial charge in [0.25, 0.3) is 0 Å². The van der Waals surface area contributed by atoms with E-state index in [0.29, 0.717) is 0 Å². The molecule has 0 unspecified atom stereocenters. The number of carbonyl (C=O) groups excluding carboxylic acids is 1. The zero-order chi connectivity index (χ0) is 13.7. The van der Waals surface area contributed by atoms with Crippen LogP contribution in [0.1, 0.15) is 31.9 Å². The molecule has 1 aromatic heterocycles. The first kappa shape index (κ1) is 13.8. The number of hydrogen-bond acceptors (Lipinski definition) is 4. The highest BCUT2D eigenvalue weighted by molar-refractivity contribution is 5.78. The molecule has 1 aliphatic heterocycles. The number of amides is 1. The van der Waals surface area contributed by atoms with Crippen molar-refractivity contribution in [3.63, 3.8) is 0 Å². The molecule has 5 heteroatoms. The molecule has 0 aliphatic carbocycles. The van der Waals surface area contributed by atoms with E-state index >= 15 is 0 Å². The van der Waals surface area contributed by atoms with Crippen molar-refractivity contribution < 1.29 is 4.79 Å². The fourth-order valence-corrected chi connectivity index (χ4v) is 2.32. The average Bonchev–Trinajstić information content (AvgIpc) is 2.46. The number of hydrogen-bond donors (Lipinski definition) is 1. The van der Waals surface area contributed by atoms with Gasteiger partial charge in [0.1, 0.15) is 0 Å². The summed E-state index contributed by atoms with van der Waals surface area (Å²) in [5.74, 6) is 1.27. The lowest BCUT2D eigenvalue weighted by molar-refractivity contribution is -0.125. The summed E-state index contributed by atoms with van der Waals surface area (Å²) in [6.07, 6.45) is 2.78. The third-order valence-electron chi connectivity index (χ3n) is 3.52. The van der Waals surface area contributed by atoms with Gasteiger partial charge in [-0.25, -0.2) is 0 Å². The highest BCUT2D eigenvalue weighted by atomic mass is 16.1. The van der Waals surface area contributed by atoms with Crippen LogP contribution in [0.5, 0.6) is 0 Å². The summed E-state index contributed by atoms with van der Waals surface area (Å²) >= 11 is 0. The lowest BCUT2D eigenvalue weighted by Gasteiger charge is -2.31. The van der Waals surface area contributed by atoms with Gasteiger partial charge in [-0.15, -0.1) is 5.10 Å². The highest BCUT2D eigenvalue weighted by Gasteiger charge is 2.25. The maximum atomic E-state index is 11.9. The molecule has 2 heterocycles. The predicted octanol–water partition coefficient (Wildman–Crippen LogP) is 1.53. The van der Waals surface area contributed by atoms with E-state index in [1.165, 1.54) is 0 Å². The van der Waals surface area contributed by atoms with Crippen molar-refractivity contribution >= 4 is 11.7 Å². The molecule has 19 heavy (non-hydrogen) atoms. The molecule has 0 bridgehead atoms. The van der Waals surface area contributed by atoms with Crippen LogP contribution in [-0.2, 0) is 4.79 Å². The van der Waals surface area contributed by atoms with Gasteiger partial charge < -0.3 is 10.2 Å². The van der Waals surface area contributed by atoms with Crippen molar-refractivity contribution in [3.8, 4) is 0 Å². The minimum absolute atomic E-state index is 0.154. The number of carbonyl (C=O) groups is 1. The van der Waals surface area contributed by atoms with Gasteiger partial charge in [0.2, 0.25) is 5.91 Å². The van der Waals surface area contributed by atoms with Crippen LogP contribution in [0.3, 0.4) is 0 Å². The van der Waals surface area contributed by atoms with Crippen LogP contribution in [0.2, 0.25) is 0 Å². The Balaban J connectivity index is 1.85. The molecule has 0 radical (unpaired) electrons. The summed E-state index contributed by atoms with van der Waals surface area (Å²) in [7, 11) is 0. The maximum Gasteiger partial charge on any atom is 0.223 e. The number of anilines is 1. The maximum absolute atomic E-state index is 11.9. The van der Waals surface area contributed by atoms with Crippen LogP contribution in [0, 0.1) is 12.8 Å². The molecule has 1 N–H and O–H groups in total. The summed E-state index contributed by atoms with van der Waals surface area (Å²) in [4.78, 5) is 14.1. The number of nitrogens with one attached hydrogen (secondary N) is 1. The fraction of sp³-hybridized carbons (Fsp3) is 0.643. The van der Waals surface area contributed by atoms with Crippen LogP contribution in [0.25, 0.3) is 0 Å². The van der Waals surface area contributed by atoms with Gasteiger partial charge in [-0.2, -0.15) is 5.10 Å². The molecule has 0 atom stereocenters. The molecule has 1 aliphatic rings. The number of aromatic nitrogens is 2. The van der Waals surface area contributed by atoms with E-state index in [2.05, 4.69) is 27.3 Å². The molecular weight excluding hydrogens is 240 g/mol. The van der Waals surface area contributed by atoms with Crippen molar-refractivity contribution in [2.24, 2.45) is 5.92 Å². The second kappa shape index (κ2) is 6.50. The van der Waals surface area contributed by atoms with Crippen molar-refractivity contribution in [1.82, 2.24) is 15.5 Å². The Morgan fingerprint density at radius 2 is 2.11 bits per heavy atom. The fourth-order valence-electron chi connectivity index (χ4n) is 2.32. The standard InChI is InChI=1S/C14H22N4O/c1-3-8-15-14(19)12-6-9-18(10-7-12)13-5-4-11(2)16-17-13/h4-5,12H,3,6-10H2,1-2H3,(H,15,19). The number of nitrogens with zero attached hydrogens (tertiary/aromatic N) is 3. The third kappa shape index (κ3) is 3.66. The van der Waals surface area contributed by atoms with Gasteiger partial charge >= 0.3 is 0 Å². The van der Waals surface area contributed by atoms with Gasteiger partial charge in [-0.1, -0.05) is 6.92 Å². The Morgan fingerprint density at radius 3 is 2.68 bits per heavy atom. The SMILES string of the molecule is CCCNC(=O)C1CCN(c2ccc(C)nn2)CC1. The monoisotopic (exact) mass is 262 g/mol. The molecule has 0 saturated carbocycles. The highest BCUT2D eigenvalue weighted by Crippen LogP contribution is 2.21. The van der Waals surface area contributed by atoms with Gasteiger partial charge in [-0.3, -0.25) is 4.79 Å². The number of piperidine rings is 1. The molecule has 0 aromatic carbocycles. The smallest absolute Gasteiger partial charge is 0.223 e. The molecule has 1 fully saturated rings. The third-order valence-corrected chi connectivity index (χ3v) is 3.52. The largest absolute Gasteiger partial charge is 0.356 e. The van der Waals surface area contributed by atoms with E-state index in [1.54, 1.807) is 0 Å². The average molecular weight is 262 g/mol. The van der Waals surface area contributed by atoms with Crippen LogP contribution >= 0.6 is 0 Å². The molecule has 2 rings (SSSR count). The normalized spacial score (nSPS) is 16.4. The summed E-state index contributed by atoms with van der Waals surface area (Å²) in [5.41, 5.74) is 0.928. The predicted molar refractivity (Wildman–Crippen MR) is 75.0 cm³/mol. The lowest BCUT2D eigenvalue weighted by atomic mass is 9.96. The molecule has 1 amide bonds. The topological polar surface area (TPSA) is 58.1 Å². The Morgan fingerprint density at radius 1 is 1.37 bits per heavy atom. The van der Waals surface area contributed by atoms with E-state index < -0.39 is 0 Å². The van der Waals surface area contributed by atoms with Crippen molar-refractivity contribution in [1.29, 1.82) is 0 Å². The van der Waals surface area contributed by atoms with Gasteiger partial charge in [0.05, 0.1) is 5.69 Å². The minimum Gasteiger partial charge on any atom is -0.356 e. The first-order chi connectivity index (χ1) is 9.20. The first-order valence-electron chi connectivity index (χ1n) is 7.03. The first-order valence-corrected chi connectivity index (χ1v) is 7.03. The second-order valence-electron chi connectivity index (χ2n) is 5.09. The van der Waals surface area contributed by atoms with Crippen molar-refractivity contribution in [2.75, 3.05) is 24.5 Å². The van der Waals surface area contributed by atoms with Crippen molar-refractivity contribution in [3.05, 3.63) is 17.8 Å². The Bertz CT molecular complexity index is 410. The van der Waals surface area contributed by atoms with Crippen LogP contribution in [0.15, 0.2) is 12.1 Å². The molecule has 1 saturated heterocycles. The van der Waals surface area contributed by atoms with Gasteiger partial charge in [-0.05, 0) is 38.3 Å². The summed E-state index contributed by atoms with van der Waals surface area (Å²) in [6.45, 7) is 6.53. The molecule has 1 aromatic rings. The second-order valence-corrected chi connectivity index (χ2v) is 5.09. The zero-order valence-electron chi connectivity index (χ0n) is 11.7. The van der Waals surface area contributed by atoms with Gasteiger partial charge in [0.15, 0.2) is 5.82 Å². The van der Waals surface area contributed by atoms with Crippen LogP contribution in [0.4, 0.5) is 5.82 Å². The van der Waals surface area contributed by atoms with Crippen LogP contribution in [-0.4, -0.2) is 35.7 Å². The quantitative estimate of drug-likeness (QED) is 0.894. The summed E-state index contributed by atoms with van der Waals surface area (Å²) in [6, 6.07) is 3.97. The zero-order valence-corrected chi connectivity index (χ0v) is 11.7. The lowest BCUT2D eigenvalue weighted by Crippen LogP contribution is -2.41. The van der Waals surface area contributed by atoms with E-state index in [-0.39, 0.29) is 11.8 Å². The molecular formula is C14H22N4O. The Hall–Kier alpha value is -1.65. The minimum atomic E-state index is 0.154. The van der Waals surface area contributed by atoms with Crippen molar-refractivity contribution in [2.45, 2.75) is 33.1 Å². The summed E-state index contributed by atoms with van der Waals surface area (Å²) in [5, 5.41) is 11.3. The Labute approximate surface area is 114 Å². The van der Waals surface area contributed by atoms with Crippen LogP contribution < -0.4 is 10.2 Å². The van der Waals surface area contributed by atoms with E-state index in [0.717, 1.165) is 50.4 Å². The van der Waals surface area contributed by atoms with E-state index in [4.69, 9.17) is 0 Å². The van der Waals surface area contributed by atoms with Gasteiger partial charge in [0, 0.05) is 25.6 Å². The molecule has 0 spiro atoms. The number of aryl methyl sites for hydroxylation is 1. The molecule has 5 nitrogen and oxygen atoms in total. The van der Waals surface area contributed by atoms with E-state index in [1.807, 2.05) is 19.1 Å². The summed E-state index contributed by atoms with van der Waals surface area (Å²) < 4.78 is 0. The van der Waals surface area contributed by atoms with E-state index in [9.17, 15) is 4.79 Å².